The van der Waals surface area contributed by atoms with Gasteiger partial charge in [0.1, 0.15) is 23.9 Å². The summed E-state index contributed by atoms with van der Waals surface area (Å²) in [5.74, 6) is 1.36. The van der Waals surface area contributed by atoms with E-state index in [1.807, 2.05) is 30.3 Å². The number of halogens is 2. The summed E-state index contributed by atoms with van der Waals surface area (Å²) in [7, 11) is 1.57. The molecule has 40 heavy (non-hydrogen) atoms. The smallest absolute Gasteiger partial charge is 0.167 e. The second kappa shape index (κ2) is 10.7. The van der Waals surface area contributed by atoms with E-state index in [-0.39, 0.29) is 17.8 Å². The number of methoxy groups -OCH3 is 1. The van der Waals surface area contributed by atoms with Gasteiger partial charge in [-0.1, -0.05) is 13.0 Å². The monoisotopic (exact) mass is 544 g/mol. The Morgan fingerprint density at radius 2 is 1.85 bits per heavy atom. The Balaban J connectivity index is 1.17. The van der Waals surface area contributed by atoms with Crippen molar-refractivity contribution >= 4 is 11.9 Å². The third-order valence-corrected chi connectivity index (χ3v) is 9.42. The van der Waals surface area contributed by atoms with Crippen molar-refractivity contribution in [2.45, 2.75) is 58.0 Å². The fourth-order valence-electron chi connectivity index (χ4n) is 7.43. The fraction of sp³-hybridized carbons (Fsp3) is 0.394. The van der Waals surface area contributed by atoms with Crippen molar-refractivity contribution in [1.82, 2.24) is 0 Å². The molecule has 0 spiro atoms. The van der Waals surface area contributed by atoms with E-state index in [1.165, 1.54) is 22.9 Å². The molecule has 0 saturated heterocycles. The van der Waals surface area contributed by atoms with Gasteiger partial charge in [0.05, 0.1) is 13.3 Å². The lowest BCUT2D eigenvalue weighted by molar-refractivity contribution is 0.0955. The van der Waals surface area contributed by atoms with Gasteiger partial charge in [-0.2, -0.15) is 10.2 Å². The number of aromatic hydroxyl groups is 1. The molecule has 7 heteroatoms. The highest BCUT2D eigenvalue weighted by molar-refractivity contribution is 5.93. The summed E-state index contributed by atoms with van der Waals surface area (Å²) in [4.78, 5) is 0. The zero-order valence-electron chi connectivity index (χ0n) is 22.9. The predicted molar refractivity (Wildman–Crippen MR) is 151 cm³/mol. The maximum atomic E-state index is 14.0. The maximum Gasteiger partial charge on any atom is 0.167 e. The summed E-state index contributed by atoms with van der Waals surface area (Å²) < 4.78 is 38.3. The van der Waals surface area contributed by atoms with Crippen LogP contribution >= 0.6 is 0 Å². The van der Waals surface area contributed by atoms with Crippen LogP contribution < -0.4 is 9.47 Å². The minimum atomic E-state index is -0.748. The Bertz CT molecular complexity index is 1490. The van der Waals surface area contributed by atoms with Crippen LogP contribution in [0.5, 0.6) is 17.2 Å². The number of benzene rings is 3. The quantitative estimate of drug-likeness (QED) is 0.257. The largest absolute Gasteiger partial charge is 0.508 e. The molecule has 0 unspecified atom stereocenters. The number of rotatable bonds is 6. The van der Waals surface area contributed by atoms with Crippen molar-refractivity contribution in [3.05, 3.63) is 88.5 Å². The molecule has 3 aliphatic rings. The Morgan fingerprint density at radius 1 is 1.00 bits per heavy atom. The first-order valence-corrected chi connectivity index (χ1v) is 14.0. The summed E-state index contributed by atoms with van der Waals surface area (Å²) in [6.07, 6.45) is 8.26. The standard InChI is InChI=1S/C33H34F2N2O3/c1-33-14-13-26-25-8-6-24(38)16-21(25)4-7-27(26)28(33)9-12-32(33)37-36-18-20-3-10-30(39-2)22(15-20)19-40-31-11-5-23(34)17-29(31)35/h3,5-6,8,10-11,15-18,26-28,38H,4,7,9,12-14,19H2,1-2H3/b36-18-,37-32-/t26-,27-,28-,33-/m0/s1. The van der Waals surface area contributed by atoms with Crippen molar-refractivity contribution < 1.29 is 23.4 Å². The molecule has 2 fully saturated rings. The second-order valence-electron chi connectivity index (χ2n) is 11.5. The molecule has 1 N–H and O–H groups in total. The first-order valence-electron chi connectivity index (χ1n) is 14.0. The highest BCUT2D eigenvalue weighted by atomic mass is 19.1. The van der Waals surface area contributed by atoms with Gasteiger partial charge in [0.2, 0.25) is 0 Å². The number of phenolic OH excluding ortho intramolecular Hbond substituents is 1. The Morgan fingerprint density at radius 3 is 2.67 bits per heavy atom. The first-order chi connectivity index (χ1) is 19.4. The van der Waals surface area contributed by atoms with Crippen LogP contribution in [0.4, 0.5) is 8.78 Å². The van der Waals surface area contributed by atoms with Crippen molar-refractivity contribution in [3.63, 3.8) is 0 Å². The molecule has 0 amide bonds. The third-order valence-electron chi connectivity index (χ3n) is 9.42. The molecule has 2 saturated carbocycles. The lowest BCUT2D eigenvalue weighted by Crippen LogP contribution is -2.42. The normalized spacial score (nSPS) is 26.4. The Kier molecular flexibility index (Phi) is 7.07. The summed E-state index contributed by atoms with van der Waals surface area (Å²) in [5.41, 5.74) is 5.55. The topological polar surface area (TPSA) is 63.4 Å². The van der Waals surface area contributed by atoms with Crippen LogP contribution in [-0.2, 0) is 13.0 Å². The van der Waals surface area contributed by atoms with Gasteiger partial charge in [-0.25, -0.2) is 8.78 Å². The minimum absolute atomic E-state index is 0.0210. The van der Waals surface area contributed by atoms with Crippen molar-refractivity contribution in [2.75, 3.05) is 7.11 Å². The van der Waals surface area contributed by atoms with Gasteiger partial charge in [-0.05, 0) is 115 Å². The van der Waals surface area contributed by atoms with E-state index in [2.05, 4.69) is 18.1 Å². The summed E-state index contributed by atoms with van der Waals surface area (Å²) in [6.45, 7) is 2.44. The van der Waals surface area contributed by atoms with Gasteiger partial charge in [0, 0.05) is 22.8 Å². The number of fused-ring (bicyclic) bond motifs is 5. The van der Waals surface area contributed by atoms with E-state index >= 15 is 0 Å². The highest BCUT2D eigenvalue weighted by Gasteiger charge is 2.53. The molecule has 3 aliphatic carbocycles. The molecule has 5 nitrogen and oxygen atoms in total. The van der Waals surface area contributed by atoms with Crippen molar-refractivity contribution in [3.8, 4) is 17.2 Å². The predicted octanol–water partition coefficient (Wildman–Crippen LogP) is 7.59. The molecule has 0 aliphatic heterocycles. The average molecular weight is 545 g/mol. The molecule has 0 heterocycles. The molecular weight excluding hydrogens is 510 g/mol. The third kappa shape index (κ3) is 4.87. The molecule has 0 aromatic heterocycles. The number of ether oxygens (including phenoxy) is 2. The molecular formula is C33H34F2N2O3. The number of hydrogen-bond donors (Lipinski definition) is 1. The lowest BCUT2D eigenvalue weighted by atomic mass is 9.55. The summed E-state index contributed by atoms with van der Waals surface area (Å²) >= 11 is 0. The SMILES string of the molecule is COc1ccc(/C=N\N=C2\CC[C@H]3[C@H]4CCc5cc(O)ccc5[C@@H]4CC[C@]23C)cc1COc1ccc(F)cc1F. The van der Waals surface area contributed by atoms with E-state index in [0.29, 0.717) is 29.3 Å². The van der Waals surface area contributed by atoms with Crippen LogP contribution in [0.15, 0.2) is 64.8 Å². The van der Waals surface area contributed by atoms with Crippen LogP contribution in [0.3, 0.4) is 0 Å². The Hall–Kier alpha value is -3.74. The average Bonchev–Trinajstić information content (AvgIpc) is 3.28. The molecule has 6 rings (SSSR count). The van der Waals surface area contributed by atoms with Crippen LogP contribution in [0.25, 0.3) is 0 Å². The van der Waals surface area contributed by atoms with Gasteiger partial charge in [-0.15, -0.1) is 0 Å². The zero-order chi connectivity index (χ0) is 27.9. The number of nitrogens with zero attached hydrogens (tertiary/aromatic N) is 2. The van der Waals surface area contributed by atoms with Crippen molar-refractivity contribution in [1.29, 1.82) is 0 Å². The molecule has 4 atom stereocenters. The second-order valence-corrected chi connectivity index (χ2v) is 11.5. The molecule has 208 valence electrons. The van der Waals surface area contributed by atoms with E-state index in [0.717, 1.165) is 61.8 Å². The van der Waals surface area contributed by atoms with Gasteiger partial charge < -0.3 is 14.6 Å². The first kappa shape index (κ1) is 26.5. The molecule has 0 bridgehead atoms. The molecule has 3 aromatic rings. The summed E-state index contributed by atoms with van der Waals surface area (Å²) in [5, 5.41) is 19.2. The highest BCUT2D eigenvalue weighted by Crippen LogP contribution is 2.60. The number of hydrogen-bond acceptors (Lipinski definition) is 5. The summed E-state index contributed by atoms with van der Waals surface area (Å²) in [6, 6.07) is 14.8. The van der Waals surface area contributed by atoms with Gasteiger partial charge in [0.25, 0.3) is 0 Å². The van der Waals surface area contributed by atoms with Crippen LogP contribution in [-0.4, -0.2) is 24.1 Å². The number of aryl methyl sites for hydroxylation is 1. The lowest BCUT2D eigenvalue weighted by Gasteiger charge is -2.49. The minimum Gasteiger partial charge on any atom is -0.508 e. The van der Waals surface area contributed by atoms with Gasteiger partial charge in [0.15, 0.2) is 11.6 Å². The van der Waals surface area contributed by atoms with E-state index in [4.69, 9.17) is 14.6 Å². The maximum absolute atomic E-state index is 14.0. The number of phenols is 1. The fourth-order valence-corrected chi connectivity index (χ4v) is 7.43. The van der Waals surface area contributed by atoms with Crippen molar-refractivity contribution in [2.24, 2.45) is 27.5 Å². The van der Waals surface area contributed by atoms with E-state index in [1.54, 1.807) is 13.3 Å². The molecule has 3 aromatic carbocycles. The van der Waals surface area contributed by atoms with E-state index < -0.39 is 11.6 Å². The van der Waals surface area contributed by atoms with E-state index in [9.17, 15) is 13.9 Å². The van der Waals surface area contributed by atoms with Crippen LogP contribution in [0.1, 0.15) is 67.2 Å². The van der Waals surface area contributed by atoms with Crippen LogP contribution in [0, 0.1) is 28.9 Å². The van der Waals surface area contributed by atoms with Crippen LogP contribution in [0.2, 0.25) is 0 Å². The van der Waals surface area contributed by atoms with Gasteiger partial charge in [-0.3, -0.25) is 0 Å². The Labute approximate surface area is 233 Å². The molecule has 0 radical (unpaired) electrons. The van der Waals surface area contributed by atoms with Gasteiger partial charge >= 0.3 is 0 Å². The zero-order valence-corrected chi connectivity index (χ0v) is 22.9.